The maximum atomic E-state index is 13.9. The number of hydrogen-bond donors (Lipinski definition) is 1. The van der Waals surface area contributed by atoms with E-state index in [9.17, 15) is 14.4 Å². The van der Waals surface area contributed by atoms with Gasteiger partial charge in [0.25, 0.3) is 0 Å². The number of aromatic amines is 1. The van der Waals surface area contributed by atoms with Gasteiger partial charge in [-0.1, -0.05) is 30.3 Å². The van der Waals surface area contributed by atoms with Crippen molar-refractivity contribution in [2.75, 3.05) is 20.2 Å². The van der Waals surface area contributed by atoms with Gasteiger partial charge in [0.05, 0.1) is 12.7 Å². The summed E-state index contributed by atoms with van der Waals surface area (Å²) in [6, 6.07) is 14.4. The van der Waals surface area contributed by atoms with Crippen molar-refractivity contribution < 1.29 is 19.1 Å². The zero-order chi connectivity index (χ0) is 22.9. The fourth-order valence-electron chi connectivity index (χ4n) is 5.01. The molecule has 1 atom stereocenters. The van der Waals surface area contributed by atoms with Gasteiger partial charge in [0, 0.05) is 54.6 Å². The minimum absolute atomic E-state index is 0.0379. The Kier molecular flexibility index (Phi) is 5.62. The number of piperidine rings is 1. The van der Waals surface area contributed by atoms with Crippen LogP contribution in [0.4, 0.5) is 0 Å². The van der Waals surface area contributed by atoms with Gasteiger partial charge in [-0.2, -0.15) is 0 Å². The molecule has 1 fully saturated rings. The topological polar surface area (TPSA) is 82.7 Å². The van der Waals surface area contributed by atoms with Gasteiger partial charge in [-0.15, -0.1) is 0 Å². The number of hydrogen-bond acceptors (Lipinski definition) is 4. The Bertz CT molecular complexity index is 1220. The molecule has 0 aliphatic carbocycles. The second-order valence-corrected chi connectivity index (χ2v) is 8.70. The Morgan fingerprint density at radius 2 is 1.85 bits per heavy atom. The Labute approximate surface area is 192 Å². The molecule has 2 aliphatic heterocycles. The van der Waals surface area contributed by atoms with Gasteiger partial charge in [0.2, 0.25) is 11.8 Å². The Balaban J connectivity index is 1.48. The molecule has 1 unspecified atom stereocenters. The van der Waals surface area contributed by atoms with Crippen LogP contribution >= 0.6 is 0 Å². The lowest BCUT2D eigenvalue weighted by Crippen LogP contribution is -2.48. The van der Waals surface area contributed by atoms with Crippen LogP contribution in [0.3, 0.4) is 0 Å². The predicted molar refractivity (Wildman–Crippen MR) is 124 cm³/mol. The predicted octanol–water partition coefficient (Wildman–Crippen LogP) is 3.59. The first kappa shape index (κ1) is 21.2. The van der Waals surface area contributed by atoms with E-state index in [0.29, 0.717) is 38.0 Å². The molecular formula is C26H27N3O4. The molecule has 0 bridgehead atoms. The highest BCUT2D eigenvalue weighted by Crippen LogP contribution is 2.32. The smallest absolute Gasteiger partial charge is 0.337 e. The summed E-state index contributed by atoms with van der Waals surface area (Å²) in [7, 11) is 1.37. The second-order valence-electron chi connectivity index (χ2n) is 8.70. The molecule has 7 nitrogen and oxygen atoms in total. The van der Waals surface area contributed by atoms with Crippen LogP contribution in [0.25, 0.3) is 10.9 Å². The van der Waals surface area contributed by atoms with E-state index in [-0.39, 0.29) is 17.8 Å². The van der Waals surface area contributed by atoms with E-state index >= 15 is 0 Å². The maximum absolute atomic E-state index is 13.9. The summed E-state index contributed by atoms with van der Waals surface area (Å²) in [5.41, 5.74) is 4.37. The molecule has 2 aliphatic rings. The van der Waals surface area contributed by atoms with Crippen LogP contribution < -0.4 is 0 Å². The average Bonchev–Trinajstić information content (AvgIpc) is 3.22. The highest BCUT2D eigenvalue weighted by Gasteiger charge is 2.36. The summed E-state index contributed by atoms with van der Waals surface area (Å²) in [5.74, 6) is -0.403. The van der Waals surface area contributed by atoms with Crippen LogP contribution in [-0.4, -0.2) is 52.8 Å². The quantitative estimate of drug-likeness (QED) is 0.622. The van der Waals surface area contributed by atoms with Crippen molar-refractivity contribution in [2.24, 2.45) is 0 Å². The largest absolute Gasteiger partial charge is 0.465 e. The van der Waals surface area contributed by atoms with Crippen LogP contribution in [0.1, 0.15) is 52.5 Å². The highest BCUT2D eigenvalue weighted by molar-refractivity contribution is 5.96. The van der Waals surface area contributed by atoms with Crippen molar-refractivity contribution in [3.8, 4) is 0 Å². The van der Waals surface area contributed by atoms with Gasteiger partial charge in [0.15, 0.2) is 0 Å². The number of aromatic nitrogens is 1. The van der Waals surface area contributed by atoms with Gasteiger partial charge >= 0.3 is 5.97 Å². The molecular weight excluding hydrogens is 418 g/mol. The van der Waals surface area contributed by atoms with Gasteiger partial charge < -0.3 is 19.5 Å². The number of carbonyl (C=O) groups excluding carboxylic acids is 3. The molecule has 0 spiro atoms. The molecule has 2 aromatic carbocycles. The molecule has 1 aromatic heterocycles. The molecule has 3 heterocycles. The zero-order valence-corrected chi connectivity index (χ0v) is 18.7. The molecule has 2 amide bonds. The molecule has 7 heteroatoms. The first-order valence-corrected chi connectivity index (χ1v) is 11.4. The summed E-state index contributed by atoms with van der Waals surface area (Å²) in [6.07, 6.45) is 2.96. The van der Waals surface area contributed by atoms with E-state index in [0.717, 1.165) is 40.6 Å². The van der Waals surface area contributed by atoms with E-state index in [1.54, 1.807) is 11.0 Å². The third-order valence-electron chi connectivity index (χ3n) is 6.73. The Morgan fingerprint density at radius 3 is 2.61 bits per heavy atom. The van der Waals surface area contributed by atoms with E-state index in [1.165, 1.54) is 7.11 Å². The zero-order valence-electron chi connectivity index (χ0n) is 18.7. The third-order valence-corrected chi connectivity index (χ3v) is 6.73. The van der Waals surface area contributed by atoms with E-state index in [2.05, 4.69) is 4.98 Å². The van der Waals surface area contributed by atoms with E-state index < -0.39 is 6.04 Å². The number of H-pyrrole nitrogens is 1. The monoisotopic (exact) mass is 445 g/mol. The summed E-state index contributed by atoms with van der Waals surface area (Å²) in [5, 5.41) is 0.927. The lowest BCUT2D eigenvalue weighted by atomic mass is 9.97. The molecule has 170 valence electrons. The SMILES string of the molecule is COC(=O)c1ccc2[nH]c3c(c2c1)CN(C(=O)C(c1ccccc1)N1CCCCC1=O)CC3. The number of likely N-dealkylation sites (tertiary alicyclic amines) is 1. The van der Waals surface area contributed by atoms with Crippen molar-refractivity contribution in [1.29, 1.82) is 0 Å². The maximum Gasteiger partial charge on any atom is 0.337 e. The van der Waals surface area contributed by atoms with Crippen molar-refractivity contribution in [3.63, 3.8) is 0 Å². The molecule has 0 saturated carbocycles. The summed E-state index contributed by atoms with van der Waals surface area (Å²) in [6.45, 7) is 1.61. The first-order chi connectivity index (χ1) is 16.1. The Morgan fingerprint density at radius 1 is 1.03 bits per heavy atom. The molecule has 0 radical (unpaired) electrons. The normalized spacial score (nSPS) is 17.1. The van der Waals surface area contributed by atoms with Crippen molar-refractivity contribution in [3.05, 3.63) is 70.9 Å². The van der Waals surface area contributed by atoms with Gasteiger partial charge in [-0.3, -0.25) is 9.59 Å². The second kappa shape index (κ2) is 8.73. The minimum atomic E-state index is -0.614. The van der Waals surface area contributed by atoms with Crippen LogP contribution in [0.5, 0.6) is 0 Å². The van der Waals surface area contributed by atoms with Crippen molar-refractivity contribution in [1.82, 2.24) is 14.8 Å². The first-order valence-electron chi connectivity index (χ1n) is 11.4. The number of nitrogens with zero attached hydrogens (tertiary/aromatic N) is 2. The molecule has 33 heavy (non-hydrogen) atoms. The number of rotatable bonds is 4. The van der Waals surface area contributed by atoms with E-state index in [4.69, 9.17) is 4.74 Å². The van der Waals surface area contributed by atoms with Crippen LogP contribution in [0.2, 0.25) is 0 Å². The lowest BCUT2D eigenvalue weighted by molar-refractivity contribution is -0.148. The van der Waals surface area contributed by atoms with E-state index in [1.807, 2.05) is 47.4 Å². The summed E-state index contributed by atoms with van der Waals surface area (Å²) < 4.78 is 4.87. The van der Waals surface area contributed by atoms with Crippen LogP contribution in [0.15, 0.2) is 48.5 Å². The molecule has 1 saturated heterocycles. The third kappa shape index (κ3) is 3.88. The summed E-state index contributed by atoms with van der Waals surface area (Å²) in [4.78, 5) is 45.7. The number of ether oxygens (including phenoxy) is 1. The fraction of sp³-hybridized carbons (Fsp3) is 0.346. The molecule has 5 rings (SSSR count). The van der Waals surface area contributed by atoms with Gasteiger partial charge in [-0.05, 0) is 36.6 Å². The number of amides is 2. The fourth-order valence-corrected chi connectivity index (χ4v) is 5.01. The van der Waals surface area contributed by atoms with Gasteiger partial charge in [-0.25, -0.2) is 4.79 Å². The summed E-state index contributed by atoms with van der Waals surface area (Å²) >= 11 is 0. The number of benzene rings is 2. The van der Waals surface area contributed by atoms with Crippen LogP contribution in [0, 0.1) is 0 Å². The van der Waals surface area contributed by atoms with Crippen molar-refractivity contribution >= 4 is 28.7 Å². The lowest BCUT2D eigenvalue weighted by Gasteiger charge is -2.38. The van der Waals surface area contributed by atoms with Crippen molar-refractivity contribution in [2.45, 2.75) is 38.3 Å². The number of carbonyl (C=O) groups is 3. The highest BCUT2D eigenvalue weighted by atomic mass is 16.5. The van der Waals surface area contributed by atoms with Crippen LogP contribution in [-0.2, 0) is 27.3 Å². The average molecular weight is 446 g/mol. The number of nitrogens with one attached hydrogen (secondary N) is 1. The van der Waals surface area contributed by atoms with Gasteiger partial charge in [0.1, 0.15) is 6.04 Å². The molecule has 1 N–H and O–H groups in total. The number of methoxy groups -OCH3 is 1. The Hall–Kier alpha value is -3.61. The molecule has 3 aromatic rings. The minimum Gasteiger partial charge on any atom is -0.465 e. The number of fused-ring (bicyclic) bond motifs is 3. The number of esters is 1. The standard InChI is InChI=1S/C26H27N3O4/c1-33-26(32)18-10-11-21-19(15-18)20-16-28(14-12-22(20)27-21)25(31)24(17-7-3-2-4-8-17)29-13-6-5-9-23(29)30/h2-4,7-8,10-11,15,24,27H,5-6,9,12-14,16H2,1H3.